The molecular weight excluding hydrogens is 529 g/mol. The Hall–Kier alpha value is -0.370. The minimum absolute atomic E-state index is 0.0356. The molecule has 0 bridgehead atoms. The zero-order valence-corrected chi connectivity index (χ0v) is 23.4. The molecule has 0 spiro atoms. The lowest BCUT2D eigenvalue weighted by atomic mass is 9.92. The molecule has 0 aliphatic heterocycles. The Morgan fingerprint density at radius 2 is 0.788 bits per heavy atom. The van der Waals surface area contributed by atoms with Crippen molar-refractivity contribution in [3.63, 3.8) is 0 Å². The Morgan fingerprint density at radius 3 is 1.00 bits per heavy atom. The fourth-order valence-electron chi connectivity index (χ4n) is 2.29. The summed E-state index contributed by atoms with van der Waals surface area (Å²) < 4.78 is 20.8. The molecule has 0 saturated heterocycles. The summed E-state index contributed by atoms with van der Waals surface area (Å²) in [5.74, 6) is -2.27. The summed E-state index contributed by atoms with van der Waals surface area (Å²) in [7, 11) is 0. The minimum atomic E-state index is -1.32. The van der Waals surface area contributed by atoms with Gasteiger partial charge in [0.05, 0.1) is 30.3 Å². The van der Waals surface area contributed by atoms with Gasteiger partial charge in [0.25, 0.3) is 0 Å². The van der Waals surface area contributed by atoms with Crippen molar-refractivity contribution in [3.8, 4) is 0 Å². The van der Waals surface area contributed by atoms with Crippen LogP contribution in [-0.2, 0) is 38.1 Å². The molecule has 3 unspecified atom stereocenters. The topological polar surface area (TPSA) is 105 Å². The molecule has 0 aliphatic rings. The molecule has 0 amide bonds. The van der Waals surface area contributed by atoms with Crippen molar-refractivity contribution < 1.29 is 38.1 Å². The summed E-state index contributed by atoms with van der Waals surface area (Å²) in [4.78, 5) is 48.4. The molecule has 0 aliphatic carbocycles. The van der Waals surface area contributed by atoms with Crippen LogP contribution in [-0.4, -0.2) is 70.6 Å². The molecule has 33 heavy (non-hydrogen) atoms. The van der Waals surface area contributed by atoms with E-state index in [9.17, 15) is 19.2 Å². The molecule has 0 rings (SSSR count). The highest BCUT2D eigenvalue weighted by atomic mass is 32.2. The number of carbonyl (C=O) groups is 4. The molecule has 3 atom stereocenters. The van der Waals surface area contributed by atoms with Gasteiger partial charge in [-0.05, 0) is 0 Å². The normalized spacial score (nSPS) is 15.7. The van der Waals surface area contributed by atoms with E-state index in [1.54, 1.807) is 20.8 Å². The van der Waals surface area contributed by atoms with Crippen LogP contribution in [0.2, 0.25) is 0 Å². The molecule has 0 heterocycles. The number of ether oxygens (including phenoxy) is 4. The van der Waals surface area contributed by atoms with Crippen LogP contribution in [0.4, 0.5) is 0 Å². The third kappa shape index (κ3) is 17.7. The number of carbonyl (C=O) groups excluding carboxylic acids is 4. The van der Waals surface area contributed by atoms with Crippen LogP contribution in [0, 0.1) is 5.41 Å². The van der Waals surface area contributed by atoms with Gasteiger partial charge in [-0.15, -0.1) is 0 Å². The lowest BCUT2D eigenvalue weighted by Crippen LogP contribution is -2.44. The average Bonchev–Trinajstić information content (AvgIpc) is 2.64. The maximum absolute atomic E-state index is 12.1. The zero-order chi connectivity index (χ0) is 25.6. The molecular formula is C20H34O8S5. The minimum Gasteiger partial charge on any atom is -0.465 e. The largest absolute Gasteiger partial charge is 0.465 e. The van der Waals surface area contributed by atoms with E-state index in [2.05, 4.69) is 63.1 Å². The Morgan fingerprint density at radius 1 is 0.545 bits per heavy atom. The Bertz CT molecular complexity index is 530. The molecule has 0 fully saturated rings. The van der Waals surface area contributed by atoms with Gasteiger partial charge >= 0.3 is 23.9 Å². The van der Waals surface area contributed by atoms with E-state index in [1.807, 2.05) is 0 Å². The highest BCUT2D eigenvalue weighted by Gasteiger charge is 2.38. The van der Waals surface area contributed by atoms with E-state index < -0.39 is 33.9 Å². The van der Waals surface area contributed by atoms with Gasteiger partial charge in [0.2, 0.25) is 0 Å². The first-order valence-electron chi connectivity index (χ1n) is 10.3. The Labute approximate surface area is 223 Å². The first-order chi connectivity index (χ1) is 15.2. The van der Waals surface area contributed by atoms with Gasteiger partial charge in [0, 0.05) is 15.7 Å². The van der Waals surface area contributed by atoms with Crippen molar-refractivity contribution >= 4 is 87.0 Å². The summed E-state index contributed by atoms with van der Waals surface area (Å²) >= 11 is 20.6. The Kier molecular flexibility index (Phi) is 16.9. The van der Waals surface area contributed by atoms with E-state index in [0.29, 0.717) is 0 Å². The van der Waals surface area contributed by atoms with Crippen LogP contribution in [0.15, 0.2) is 0 Å². The van der Waals surface area contributed by atoms with Crippen LogP contribution < -0.4 is 0 Å². The average molecular weight is 563 g/mol. The van der Waals surface area contributed by atoms with Crippen LogP contribution in [0.1, 0.15) is 46.5 Å². The van der Waals surface area contributed by atoms with Gasteiger partial charge in [-0.2, -0.15) is 63.1 Å². The van der Waals surface area contributed by atoms with Crippen molar-refractivity contribution in [2.75, 3.05) is 26.4 Å². The van der Waals surface area contributed by atoms with Crippen LogP contribution in [0.3, 0.4) is 0 Å². The fourth-order valence-corrected chi connectivity index (χ4v) is 3.04. The zero-order valence-electron chi connectivity index (χ0n) is 19.0. The van der Waals surface area contributed by atoms with Crippen LogP contribution in [0.5, 0.6) is 0 Å². The summed E-state index contributed by atoms with van der Waals surface area (Å²) in [6.45, 7) is 3.88. The number of esters is 4. The van der Waals surface area contributed by atoms with Crippen LogP contribution >= 0.6 is 63.1 Å². The van der Waals surface area contributed by atoms with Crippen molar-refractivity contribution in [3.05, 3.63) is 0 Å². The number of hydrogen-bond acceptors (Lipinski definition) is 13. The van der Waals surface area contributed by atoms with E-state index >= 15 is 0 Å². The maximum Gasteiger partial charge on any atom is 0.307 e. The summed E-state index contributed by atoms with van der Waals surface area (Å²) in [5, 5.41) is -0.717. The predicted octanol–water partition coefficient (Wildman–Crippen LogP) is 2.85. The highest BCUT2D eigenvalue weighted by molar-refractivity contribution is 7.99. The van der Waals surface area contributed by atoms with Gasteiger partial charge < -0.3 is 18.9 Å². The molecule has 13 heteroatoms. The SMILES string of the molecule is CC(S)CC(=O)OCC(COC(=O)CC(C)S)(COC(=O)CC(C)S)COC(=O)CC(S)S. The molecule has 0 aromatic rings. The number of hydrogen-bond donors (Lipinski definition) is 5. The fraction of sp³-hybridized carbons (Fsp3) is 0.800. The lowest BCUT2D eigenvalue weighted by molar-refractivity contribution is -0.170. The Balaban J connectivity index is 5.59. The van der Waals surface area contributed by atoms with E-state index in [-0.39, 0.29) is 67.9 Å². The van der Waals surface area contributed by atoms with Gasteiger partial charge in [-0.3, -0.25) is 19.2 Å². The quantitative estimate of drug-likeness (QED) is 0.0847. The second-order valence-corrected chi connectivity index (χ2v) is 12.3. The van der Waals surface area contributed by atoms with E-state index in [0.717, 1.165) is 0 Å². The van der Waals surface area contributed by atoms with Gasteiger partial charge in [0.1, 0.15) is 31.8 Å². The molecule has 0 radical (unpaired) electrons. The number of thiol groups is 5. The molecule has 0 aromatic carbocycles. The van der Waals surface area contributed by atoms with Crippen molar-refractivity contribution in [2.24, 2.45) is 5.41 Å². The second kappa shape index (κ2) is 17.1. The molecule has 8 nitrogen and oxygen atoms in total. The summed E-state index contributed by atoms with van der Waals surface area (Å²) in [5.41, 5.74) is -1.32. The summed E-state index contributed by atoms with van der Waals surface area (Å²) in [6.07, 6.45) is 0.0167. The third-order valence-corrected chi connectivity index (χ3v) is 4.81. The monoisotopic (exact) mass is 562 g/mol. The number of rotatable bonds is 16. The molecule has 0 saturated carbocycles. The third-order valence-electron chi connectivity index (χ3n) is 3.89. The first kappa shape index (κ1) is 32.6. The lowest BCUT2D eigenvalue weighted by Gasteiger charge is -2.32. The van der Waals surface area contributed by atoms with Crippen molar-refractivity contribution in [2.45, 2.75) is 66.8 Å². The first-order valence-corrected chi connectivity index (χ1v) is 12.9. The van der Waals surface area contributed by atoms with Gasteiger partial charge in [0.15, 0.2) is 0 Å². The standard InChI is InChI=1S/C20H34O8S5/c1-12(29)4-15(21)25-8-20(9-26-16(22)5-13(2)30,10-27-17(23)6-14(3)31)11-28-18(24)7-19(32)33/h12-14,19,29-33H,4-11H2,1-3H3. The maximum atomic E-state index is 12.1. The molecule has 192 valence electrons. The van der Waals surface area contributed by atoms with Gasteiger partial charge in [-0.1, -0.05) is 20.8 Å². The molecule has 0 N–H and O–H groups in total. The second-order valence-electron chi connectivity index (χ2n) is 7.99. The van der Waals surface area contributed by atoms with E-state index in [1.165, 1.54) is 0 Å². The smallest absolute Gasteiger partial charge is 0.307 e. The summed E-state index contributed by atoms with van der Waals surface area (Å²) in [6, 6.07) is 0. The van der Waals surface area contributed by atoms with Crippen molar-refractivity contribution in [1.29, 1.82) is 0 Å². The van der Waals surface area contributed by atoms with Crippen molar-refractivity contribution in [1.82, 2.24) is 0 Å². The van der Waals surface area contributed by atoms with Crippen LogP contribution in [0.25, 0.3) is 0 Å². The van der Waals surface area contributed by atoms with Gasteiger partial charge in [-0.25, -0.2) is 0 Å². The van der Waals surface area contributed by atoms with E-state index in [4.69, 9.17) is 18.9 Å². The predicted molar refractivity (Wildman–Crippen MR) is 142 cm³/mol. The molecule has 0 aromatic heterocycles. The highest BCUT2D eigenvalue weighted by Crippen LogP contribution is 2.23.